The van der Waals surface area contributed by atoms with E-state index in [0.717, 1.165) is 4.88 Å². The van der Waals surface area contributed by atoms with E-state index in [9.17, 15) is 9.59 Å². The van der Waals surface area contributed by atoms with E-state index in [1.165, 1.54) is 27.5 Å². The van der Waals surface area contributed by atoms with Gasteiger partial charge in [-0.25, -0.2) is 4.98 Å². The second-order valence-corrected chi connectivity index (χ2v) is 4.92. The number of aryl methyl sites for hydroxylation is 1. The van der Waals surface area contributed by atoms with Crippen molar-refractivity contribution in [2.45, 2.75) is 6.54 Å². The summed E-state index contributed by atoms with van der Waals surface area (Å²) >= 11 is 6.96. The third-order valence-electron chi connectivity index (χ3n) is 2.09. The second kappa shape index (κ2) is 4.23. The molecule has 0 saturated heterocycles. The average molecular weight is 258 g/mol. The molecule has 5 nitrogen and oxygen atoms in total. The van der Waals surface area contributed by atoms with Crippen LogP contribution in [0.5, 0.6) is 0 Å². The lowest BCUT2D eigenvalue weighted by molar-refractivity contribution is 0.700. The largest absolute Gasteiger partial charge is 0.316 e. The number of hydrogen-bond acceptors (Lipinski definition) is 4. The summed E-state index contributed by atoms with van der Waals surface area (Å²) in [6.45, 7) is 0.319. The van der Waals surface area contributed by atoms with Gasteiger partial charge in [-0.15, -0.1) is 11.3 Å². The molecule has 0 fully saturated rings. The highest BCUT2D eigenvalue weighted by atomic mass is 35.5. The first-order valence-corrected chi connectivity index (χ1v) is 5.63. The van der Waals surface area contributed by atoms with Gasteiger partial charge in [-0.2, -0.15) is 0 Å². The van der Waals surface area contributed by atoms with Gasteiger partial charge in [0.15, 0.2) is 4.47 Å². The Kier molecular flexibility index (Phi) is 2.93. The molecule has 0 amide bonds. The Bertz CT molecular complexity index is 628. The monoisotopic (exact) mass is 257 g/mol. The molecule has 2 aromatic rings. The minimum Gasteiger partial charge on any atom is -0.312 e. The molecule has 0 aliphatic heterocycles. The summed E-state index contributed by atoms with van der Waals surface area (Å²) in [5.74, 6) is 0. The van der Waals surface area contributed by atoms with Crippen LogP contribution in [0.1, 0.15) is 4.88 Å². The van der Waals surface area contributed by atoms with E-state index in [2.05, 4.69) is 4.98 Å². The van der Waals surface area contributed by atoms with E-state index in [0.29, 0.717) is 11.0 Å². The molecule has 2 rings (SSSR count). The van der Waals surface area contributed by atoms with Gasteiger partial charge in [0.1, 0.15) is 0 Å². The maximum atomic E-state index is 11.6. The van der Waals surface area contributed by atoms with Crippen molar-refractivity contribution in [2.75, 3.05) is 0 Å². The van der Waals surface area contributed by atoms with Gasteiger partial charge in [0.2, 0.25) is 0 Å². The molecule has 0 unspecified atom stereocenters. The van der Waals surface area contributed by atoms with Crippen LogP contribution in [0.15, 0.2) is 28.2 Å². The van der Waals surface area contributed by atoms with E-state index >= 15 is 0 Å². The van der Waals surface area contributed by atoms with Crippen molar-refractivity contribution in [3.8, 4) is 0 Å². The smallest absolute Gasteiger partial charge is 0.312 e. The Balaban J connectivity index is 2.40. The molecule has 2 heterocycles. The minimum absolute atomic E-state index is 0.319. The Hall–Kier alpha value is -1.40. The van der Waals surface area contributed by atoms with E-state index < -0.39 is 11.1 Å². The van der Waals surface area contributed by atoms with Crippen LogP contribution in [0.3, 0.4) is 0 Å². The van der Waals surface area contributed by atoms with Gasteiger partial charge in [0.25, 0.3) is 0 Å². The quantitative estimate of drug-likeness (QED) is 0.745. The highest BCUT2D eigenvalue weighted by molar-refractivity contribution is 7.15. The molecule has 0 aliphatic carbocycles. The van der Waals surface area contributed by atoms with Gasteiger partial charge in [-0.3, -0.25) is 9.59 Å². The van der Waals surface area contributed by atoms with Gasteiger partial charge in [0.05, 0.1) is 6.54 Å². The maximum absolute atomic E-state index is 11.6. The summed E-state index contributed by atoms with van der Waals surface area (Å²) < 4.78 is 3.01. The average Bonchev–Trinajstić information content (AvgIpc) is 2.65. The summed E-state index contributed by atoms with van der Waals surface area (Å²) in [6, 6.07) is 0. The van der Waals surface area contributed by atoms with E-state index in [1.54, 1.807) is 18.6 Å². The van der Waals surface area contributed by atoms with Gasteiger partial charge in [0, 0.05) is 30.5 Å². The van der Waals surface area contributed by atoms with Crippen LogP contribution in [0.4, 0.5) is 0 Å². The Morgan fingerprint density at radius 3 is 2.75 bits per heavy atom. The molecule has 0 aliphatic rings. The third kappa shape index (κ3) is 2.07. The van der Waals surface area contributed by atoms with E-state index in [1.807, 2.05) is 0 Å². The number of thiazole rings is 1. The van der Waals surface area contributed by atoms with Crippen LogP contribution in [-0.2, 0) is 13.6 Å². The molecule has 0 atom stereocenters. The van der Waals surface area contributed by atoms with Crippen LogP contribution in [0.25, 0.3) is 0 Å². The zero-order valence-electron chi connectivity index (χ0n) is 8.38. The lowest BCUT2D eigenvalue weighted by Crippen LogP contribution is -2.39. The highest BCUT2D eigenvalue weighted by Crippen LogP contribution is 2.17. The van der Waals surface area contributed by atoms with Crippen molar-refractivity contribution in [2.24, 2.45) is 7.05 Å². The van der Waals surface area contributed by atoms with Crippen LogP contribution in [0.2, 0.25) is 4.47 Å². The normalized spacial score (nSPS) is 10.6. The SMILES string of the molecule is Cn1ccn(Cc2cnc(Cl)s2)c(=O)c1=O. The topological polar surface area (TPSA) is 56.9 Å². The Labute approximate surface area is 99.6 Å². The van der Waals surface area contributed by atoms with Crippen molar-refractivity contribution in [3.63, 3.8) is 0 Å². The predicted molar refractivity (Wildman–Crippen MR) is 62.2 cm³/mol. The van der Waals surface area contributed by atoms with Crippen molar-refractivity contribution in [1.82, 2.24) is 14.1 Å². The van der Waals surface area contributed by atoms with Crippen molar-refractivity contribution in [3.05, 3.63) is 48.6 Å². The molecule has 0 saturated carbocycles. The number of hydrogen-bond donors (Lipinski definition) is 0. The van der Waals surface area contributed by atoms with Crippen LogP contribution in [-0.4, -0.2) is 14.1 Å². The molecule has 0 bridgehead atoms. The molecule has 0 aromatic carbocycles. The summed E-state index contributed by atoms with van der Waals surface area (Å²) in [7, 11) is 1.54. The summed E-state index contributed by atoms with van der Waals surface area (Å²) in [6.07, 6.45) is 4.71. The first-order chi connectivity index (χ1) is 7.58. The maximum Gasteiger partial charge on any atom is 0.316 e. The van der Waals surface area contributed by atoms with E-state index in [-0.39, 0.29) is 0 Å². The molecular weight excluding hydrogens is 250 g/mol. The molecule has 0 N–H and O–H groups in total. The number of rotatable bonds is 2. The Morgan fingerprint density at radius 2 is 2.12 bits per heavy atom. The fourth-order valence-electron chi connectivity index (χ4n) is 1.24. The molecule has 0 spiro atoms. The van der Waals surface area contributed by atoms with Crippen molar-refractivity contribution < 1.29 is 0 Å². The lowest BCUT2D eigenvalue weighted by atomic mass is 10.5. The van der Waals surface area contributed by atoms with Gasteiger partial charge in [-0.1, -0.05) is 11.6 Å². The lowest BCUT2D eigenvalue weighted by Gasteiger charge is -2.03. The van der Waals surface area contributed by atoms with Crippen LogP contribution in [0, 0.1) is 0 Å². The number of aromatic nitrogens is 3. The van der Waals surface area contributed by atoms with Crippen molar-refractivity contribution in [1.29, 1.82) is 0 Å². The zero-order valence-corrected chi connectivity index (χ0v) is 9.96. The highest BCUT2D eigenvalue weighted by Gasteiger charge is 2.05. The predicted octanol–water partition coefficient (Wildman–Crippen LogP) is 0.705. The number of nitrogens with zero attached hydrogens (tertiary/aromatic N) is 3. The van der Waals surface area contributed by atoms with Gasteiger partial charge >= 0.3 is 11.1 Å². The fourth-order valence-corrected chi connectivity index (χ4v) is 2.22. The first kappa shape index (κ1) is 11.1. The van der Waals surface area contributed by atoms with Crippen LogP contribution < -0.4 is 11.1 Å². The minimum atomic E-state index is -0.547. The first-order valence-electron chi connectivity index (χ1n) is 4.44. The van der Waals surface area contributed by atoms with E-state index in [4.69, 9.17) is 11.6 Å². The molecular formula is C9H8ClN3O2S. The van der Waals surface area contributed by atoms with Gasteiger partial charge < -0.3 is 9.13 Å². The third-order valence-corrected chi connectivity index (χ3v) is 3.19. The molecule has 16 heavy (non-hydrogen) atoms. The zero-order chi connectivity index (χ0) is 11.7. The standard InChI is InChI=1S/C9H8ClN3O2S/c1-12-2-3-13(8(15)7(12)14)5-6-4-11-9(10)16-6/h2-4H,5H2,1H3. The molecule has 84 valence electrons. The Morgan fingerprint density at radius 1 is 1.38 bits per heavy atom. The molecule has 2 aromatic heterocycles. The summed E-state index contributed by atoms with van der Waals surface area (Å²) in [5, 5.41) is 0. The molecule has 7 heteroatoms. The second-order valence-electron chi connectivity index (χ2n) is 3.23. The van der Waals surface area contributed by atoms with Gasteiger partial charge in [-0.05, 0) is 0 Å². The number of halogens is 1. The van der Waals surface area contributed by atoms with Crippen molar-refractivity contribution >= 4 is 22.9 Å². The summed E-state index contributed by atoms with van der Waals surface area (Å²) in [5.41, 5.74) is -1.09. The summed E-state index contributed by atoms with van der Waals surface area (Å²) in [4.78, 5) is 27.7. The molecule has 0 radical (unpaired) electrons. The van der Waals surface area contributed by atoms with Crippen LogP contribution >= 0.6 is 22.9 Å². The fraction of sp³-hybridized carbons (Fsp3) is 0.222.